The van der Waals surface area contributed by atoms with Crippen molar-refractivity contribution in [3.05, 3.63) is 28.7 Å². The summed E-state index contributed by atoms with van der Waals surface area (Å²) in [5.41, 5.74) is 3.60. The summed E-state index contributed by atoms with van der Waals surface area (Å²) in [5.74, 6) is 0.955. The van der Waals surface area contributed by atoms with Gasteiger partial charge in [0.2, 0.25) is 5.91 Å². The van der Waals surface area contributed by atoms with Crippen LogP contribution in [0, 0.1) is 0 Å². The van der Waals surface area contributed by atoms with Crippen molar-refractivity contribution in [2.75, 3.05) is 6.61 Å². The topological polar surface area (TPSA) is 106 Å². The molecule has 8 heteroatoms. The molecule has 134 valence electrons. The Kier molecular flexibility index (Phi) is 4.78. The molecule has 8 nitrogen and oxygen atoms in total. The van der Waals surface area contributed by atoms with Gasteiger partial charge in [0.25, 0.3) is 5.89 Å². The quantitative estimate of drug-likeness (QED) is 0.826. The predicted octanol–water partition coefficient (Wildman–Crippen LogP) is 1.77. The number of fused-ring (bicyclic) bond motifs is 1. The van der Waals surface area contributed by atoms with Gasteiger partial charge in [0.05, 0.1) is 12.2 Å². The van der Waals surface area contributed by atoms with Gasteiger partial charge < -0.3 is 14.6 Å². The summed E-state index contributed by atoms with van der Waals surface area (Å²) in [7, 11) is 0. The zero-order valence-corrected chi connectivity index (χ0v) is 14.2. The predicted molar refractivity (Wildman–Crippen MR) is 87.6 cm³/mol. The Bertz CT molecular complexity index is 732. The minimum absolute atomic E-state index is 0.0315. The van der Waals surface area contributed by atoms with Crippen LogP contribution in [0.1, 0.15) is 66.9 Å². The Morgan fingerprint density at radius 3 is 3.08 bits per heavy atom. The fraction of sp³-hybridized carbons (Fsp3) is 0.647. The maximum absolute atomic E-state index is 12.1. The summed E-state index contributed by atoms with van der Waals surface area (Å²) >= 11 is 0. The Morgan fingerprint density at radius 1 is 1.28 bits per heavy atom. The fourth-order valence-corrected chi connectivity index (χ4v) is 3.50. The van der Waals surface area contributed by atoms with E-state index >= 15 is 0 Å². The van der Waals surface area contributed by atoms with Gasteiger partial charge in [0, 0.05) is 25.1 Å². The molecule has 1 amide bonds. The van der Waals surface area contributed by atoms with Crippen molar-refractivity contribution in [3.8, 4) is 0 Å². The first-order chi connectivity index (χ1) is 12.3. The molecule has 0 aromatic carbocycles. The van der Waals surface area contributed by atoms with Crippen molar-refractivity contribution < 1.29 is 14.1 Å². The lowest BCUT2D eigenvalue weighted by molar-refractivity contribution is -0.121. The second kappa shape index (κ2) is 7.35. The molecular weight excluding hydrogens is 322 g/mol. The third-order valence-corrected chi connectivity index (χ3v) is 4.86. The number of aromatic amines is 1. The number of nitrogens with one attached hydrogen (secondary N) is 2. The number of ether oxygens (including phenoxy) is 1. The summed E-state index contributed by atoms with van der Waals surface area (Å²) in [6.07, 6.45) is 7.45. The average molecular weight is 345 g/mol. The molecule has 0 spiro atoms. The molecule has 0 unspecified atom stereocenters. The Balaban J connectivity index is 1.25. The summed E-state index contributed by atoms with van der Waals surface area (Å²) in [6.45, 7) is 1.00. The lowest BCUT2D eigenvalue weighted by Gasteiger charge is -2.10. The summed E-state index contributed by atoms with van der Waals surface area (Å²) in [5, 5.41) is 14.2. The van der Waals surface area contributed by atoms with Gasteiger partial charge in [-0.1, -0.05) is 5.16 Å². The highest BCUT2D eigenvalue weighted by atomic mass is 16.5. The molecule has 2 aliphatic rings. The number of carbonyl (C=O) groups is 1. The molecule has 2 N–H and O–H groups in total. The third kappa shape index (κ3) is 3.73. The van der Waals surface area contributed by atoms with E-state index in [1.165, 1.54) is 24.1 Å². The van der Waals surface area contributed by atoms with E-state index in [-0.39, 0.29) is 18.6 Å². The standard InChI is InChI=1S/C17H23N5O3/c23-16(8-7-13-11-4-1-2-5-12(11)20-21-13)18-10-15-19-17(25-22-15)14-6-3-9-24-14/h14H,1-10H2,(H,18,23)(H,20,21)/t14-/m1/s1. The SMILES string of the molecule is O=C(CCc1n[nH]c2c1CCCC2)NCc1noc([C@H]2CCCO2)n1. The lowest BCUT2D eigenvalue weighted by atomic mass is 9.95. The van der Waals surface area contributed by atoms with Crippen molar-refractivity contribution >= 4 is 5.91 Å². The largest absolute Gasteiger partial charge is 0.368 e. The number of amides is 1. The molecule has 3 heterocycles. The number of nitrogens with zero attached hydrogens (tertiary/aromatic N) is 3. The minimum atomic E-state index is -0.0946. The van der Waals surface area contributed by atoms with Crippen LogP contribution in [-0.2, 0) is 35.3 Å². The van der Waals surface area contributed by atoms with Gasteiger partial charge in [0.1, 0.15) is 6.10 Å². The first-order valence-electron chi connectivity index (χ1n) is 9.05. The molecule has 1 aliphatic carbocycles. The maximum Gasteiger partial charge on any atom is 0.255 e. The van der Waals surface area contributed by atoms with Gasteiger partial charge in [-0.2, -0.15) is 10.1 Å². The first kappa shape index (κ1) is 16.3. The maximum atomic E-state index is 12.1. The van der Waals surface area contributed by atoms with Gasteiger partial charge in [-0.05, 0) is 44.1 Å². The van der Waals surface area contributed by atoms with E-state index in [0.717, 1.165) is 38.0 Å². The number of hydrogen-bond donors (Lipinski definition) is 2. The zero-order chi connectivity index (χ0) is 17.1. The van der Waals surface area contributed by atoms with Crippen LogP contribution < -0.4 is 5.32 Å². The monoisotopic (exact) mass is 345 g/mol. The number of H-pyrrole nitrogens is 1. The molecule has 1 fully saturated rings. The van der Waals surface area contributed by atoms with Crippen LogP contribution in [-0.4, -0.2) is 32.9 Å². The van der Waals surface area contributed by atoms with Gasteiger partial charge in [-0.3, -0.25) is 9.89 Å². The molecular formula is C17H23N5O3. The molecule has 0 bridgehead atoms. The summed E-state index contributed by atoms with van der Waals surface area (Å²) in [4.78, 5) is 16.4. The molecule has 4 rings (SSSR count). The van der Waals surface area contributed by atoms with Crippen LogP contribution in [0.15, 0.2) is 4.52 Å². The van der Waals surface area contributed by atoms with Crippen LogP contribution in [0.3, 0.4) is 0 Å². The molecule has 1 aliphatic heterocycles. The van der Waals surface area contributed by atoms with E-state index in [0.29, 0.717) is 24.6 Å². The second-order valence-electron chi connectivity index (χ2n) is 6.66. The smallest absolute Gasteiger partial charge is 0.255 e. The first-order valence-corrected chi connectivity index (χ1v) is 9.05. The van der Waals surface area contributed by atoms with Crippen LogP contribution in [0.2, 0.25) is 0 Å². The highest BCUT2D eigenvalue weighted by Crippen LogP contribution is 2.27. The molecule has 1 atom stereocenters. The number of rotatable bonds is 6. The lowest BCUT2D eigenvalue weighted by Crippen LogP contribution is -2.23. The highest BCUT2D eigenvalue weighted by molar-refractivity contribution is 5.76. The number of aryl methyl sites for hydroxylation is 2. The van der Waals surface area contributed by atoms with Gasteiger partial charge in [-0.15, -0.1) is 0 Å². The van der Waals surface area contributed by atoms with E-state index in [9.17, 15) is 4.79 Å². The van der Waals surface area contributed by atoms with Crippen molar-refractivity contribution in [1.29, 1.82) is 0 Å². The fourth-order valence-electron chi connectivity index (χ4n) is 3.50. The van der Waals surface area contributed by atoms with Gasteiger partial charge in [0.15, 0.2) is 5.82 Å². The van der Waals surface area contributed by atoms with Crippen molar-refractivity contribution in [2.24, 2.45) is 0 Å². The Hall–Kier alpha value is -2.22. The van der Waals surface area contributed by atoms with Gasteiger partial charge >= 0.3 is 0 Å². The van der Waals surface area contributed by atoms with Crippen molar-refractivity contribution in [1.82, 2.24) is 25.7 Å². The third-order valence-electron chi connectivity index (χ3n) is 4.86. The minimum Gasteiger partial charge on any atom is -0.368 e. The second-order valence-corrected chi connectivity index (χ2v) is 6.66. The molecule has 2 aromatic heterocycles. The number of aromatic nitrogens is 4. The Morgan fingerprint density at radius 2 is 2.20 bits per heavy atom. The number of carbonyl (C=O) groups excluding carboxylic acids is 1. The Labute approximate surface area is 145 Å². The van der Waals surface area contributed by atoms with E-state index in [1.54, 1.807) is 0 Å². The normalized spacial score (nSPS) is 19.8. The van der Waals surface area contributed by atoms with Crippen LogP contribution in [0.4, 0.5) is 0 Å². The summed E-state index contributed by atoms with van der Waals surface area (Å²) in [6, 6.07) is 0. The average Bonchev–Trinajstić information content (AvgIpc) is 3.38. The van der Waals surface area contributed by atoms with E-state index in [4.69, 9.17) is 9.26 Å². The molecule has 1 saturated heterocycles. The van der Waals surface area contributed by atoms with Crippen molar-refractivity contribution in [3.63, 3.8) is 0 Å². The molecule has 2 aromatic rings. The van der Waals surface area contributed by atoms with E-state index in [2.05, 4.69) is 25.7 Å². The van der Waals surface area contributed by atoms with Gasteiger partial charge in [-0.25, -0.2) is 0 Å². The highest BCUT2D eigenvalue weighted by Gasteiger charge is 2.24. The van der Waals surface area contributed by atoms with Crippen LogP contribution in [0.25, 0.3) is 0 Å². The van der Waals surface area contributed by atoms with E-state index in [1.807, 2.05) is 0 Å². The summed E-state index contributed by atoms with van der Waals surface area (Å²) < 4.78 is 10.7. The van der Waals surface area contributed by atoms with Crippen LogP contribution in [0.5, 0.6) is 0 Å². The molecule has 0 saturated carbocycles. The van der Waals surface area contributed by atoms with E-state index < -0.39 is 0 Å². The molecule has 0 radical (unpaired) electrons. The van der Waals surface area contributed by atoms with Crippen LogP contribution >= 0.6 is 0 Å². The molecule has 25 heavy (non-hydrogen) atoms. The van der Waals surface area contributed by atoms with Crippen molar-refractivity contribution in [2.45, 2.75) is 64.0 Å². The zero-order valence-electron chi connectivity index (χ0n) is 14.2. The number of hydrogen-bond acceptors (Lipinski definition) is 6.